The number of nitrogens with zero attached hydrogens (tertiary/aromatic N) is 1. The number of nitrogens with one attached hydrogen (secondary N) is 3. The number of aromatic nitrogens is 2. The molecule has 1 aromatic heterocycles. The number of carbonyl (C=O) groups excluding carboxylic acids is 1. The molecule has 0 fully saturated rings. The second-order valence-corrected chi connectivity index (χ2v) is 6.62. The van der Waals surface area contributed by atoms with Crippen LogP contribution in [0.1, 0.15) is 17.7 Å². The highest BCUT2D eigenvalue weighted by Crippen LogP contribution is 2.21. The zero-order valence-corrected chi connectivity index (χ0v) is 15.9. The summed E-state index contributed by atoms with van der Waals surface area (Å²) in [5, 5.41) is 29.4. The second kappa shape index (κ2) is 9.03. The Labute approximate surface area is 173 Å². The van der Waals surface area contributed by atoms with Crippen LogP contribution in [0.2, 0.25) is 0 Å². The van der Waals surface area contributed by atoms with Crippen LogP contribution in [0, 0.1) is 5.82 Å². The van der Waals surface area contributed by atoms with E-state index in [1.165, 1.54) is 12.1 Å². The van der Waals surface area contributed by atoms with Gasteiger partial charge >= 0.3 is 18.0 Å². The number of aromatic amines is 1. The molecule has 31 heavy (non-hydrogen) atoms. The highest BCUT2D eigenvalue weighted by Gasteiger charge is 2.23. The Bertz CT molecular complexity index is 1230. The summed E-state index contributed by atoms with van der Waals surface area (Å²) in [4.78, 5) is 45.7. The van der Waals surface area contributed by atoms with Crippen LogP contribution in [0.5, 0.6) is 0 Å². The maximum absolute atomic E-state index is 14.2. The van der Waals surface area contributed by atoms with E-state index in [9.17, 15) is 23.6 Å². The van der Waals surface area contributed by atoms with E-state index in [1.807, 2.05) is 5.32 Å². The molecule has 0 aliphatic rings. The Morgan fingerprint density at radius 3 is 2.48 bits per heavy atom. The van der Waals surface area contributed by atoms with Gasteiger partial charge in [0.2, 0.25) is 0 Å². The summed E-state index contributed by atoms with van der Waals surface area (Å²) in [5.41, 5.74) is 0.515. The molecule has 11 heteroatoms. The number of anilines is 1. The molecule has 0 saturated heterocycles. The van der Waals surface area contributed by atoms with Crippen LogP contribution in [0.15, 0.2) is 47.3 Å². The first kappa shape index (κ1) is 21.4. The van der Waals surface area contributed by atoms with Crippen LogP contribution in [-0.2, 0) is 16.0 Å². The van der Waals surface area contributed by atoms with Gasteiger partial charge in [-0.15, -0.1) is 0 Å². The maximum atomic E-state index is 14.2. The minimum atomic E-state index is -1.68. The van der Waals surface area contributed by atoms with Gasteiger partial charge in [0.05, 0.1) is 23.2 Å². The number of urea groups is 1. The van der Waals surface area contributed by atoms with Crippen LogP contribution in [-0.4, -0.2) is 44.4 Å². The van der Waals surface area contributed by atoms with Crippen LogP contribution >= 0.6 is 0 Å². The summed E-state index contributed by atoms with van der Waals surface area (Å²) < 4.78 is 14.2. The summed E-state index contributed by atoms with van der Waals surface area (Å²) >= 11 is 0. The minimum absolute atomic E-state index is 0.213. The number of H-pyrrole nitrogens is 1. The Hall–Kier alpha value is -4.28. The lowest BCUT2D eigenvalue weighted by molar-refractivity contribution is -0.145. The van der Waals surface area contributed by atoms with Gasteiger partial charge in [0.25, 0.3) is 5.56 Å². The molecule has 10 nitrogen and oxygen atoms in total. The normalized spacial score (nSPS) is 11.6. The molecule has 1 heterocycles. The molecular weight excluding hydrogens is 411 g/mol. The van der Waals surface area contributed by atoms with E-state index < -0.39 is 36.2 Å². The number of carbonyl (C=O) groups is 3. The first-order valence-electron chi connectivity index (χ1n) is 9.01. The Kier molecular flexibility index (Phi) is 6.24. The average Bonchev–Trinajstić information content (AvgIpc) is 2.72. The van der Waals surface area contributed by atoms with Gasteiger partial charge in [-0.05, 0) is 23.8 Å². The maximum Gasteiger partial charge on any atom is 0.326 e. The molecule has 0 radical (unpaired) electrons. The molecular formula is C20H17FN4O6. The summed E-state index contributed by atoms with van der Waals surface area (Å²) in [6.07, 6.45) is -0.624. The zero-order valence-electron chi connectivity index (χ0n) is 15.9. The van der Waals surface area contributed by atoms with Gasteiger partial charge in [-0.25, -0.2) is 19.1 Å². The lowest BCUT2D eigenvalue weighted by Crippen LogP contribution is -2.44. The van der Waals surface area contributed by atoms with E-state index >= 15 is 0 Å². The van der Waals surface area contributed by atoms with Crippen molar-refractivity contribution in [1.82, 2.24) is 15.5 Å². The average molecular weight is 428 g/mol. The van der Waals surface area contributed by atoms with Crippen molar-refractivity contribution in [2.75, 3.05) is 5.32 Å². The van der Waals surface area contributed by atoms with Crippen LogP contribution in [0.25, 0.3) is 10.8 Å². The molecule has 3 rings (SSSR count). The number of halogens is 1. The molecule has 2 amide bonds. The van der Waals surface area contributed by atoms with Crippen molar-refractivity contribution in [3.05, 3.63) is 69.9 Å². The third-order valence-corrected chi connectivity index (χ3v) is 4.41. The molecule has 0 aliphatic carbocycles. The number of carboxylic acids is 2. The highest BCUT2D eigenvalue weighted by molar-refractivity contribution is 5.93. The lowest BCUT2D eigenvalue weighted by atomic mass is 10.0. The number of hydrogen-bond donors (Lipinski definition) is 5. The van der Waals surface area contributed by atoms with Crippen molar-refractivity contribution in [2.45, 2.75) is 18.9 Å². The third kappa shape index (κ3) is 5.21. The van der Waals surface area contributed by atoms with Crippen LogP contribution in [0.4, 0.5) is 14.9 Å². The van der Waals surface area contributed by atoms with E-state index in [2.05, 4.69) is 15.5 Å². The van der Waals surface area contributed by atoms with E-state index in [0.717, 1.165) is 6.07 Å². The molecule has 0 bridgehead atoms. The number of carboxylic acid groups (broad SMARTS) is 2. The predicted octanol–water partition coefficient (Wildman–Crippen LogP) is 1.70. The van der Waals surface area contributed by atoms with E-state index in [4.69, 9.17) is 10.2 Å². The summed E-state index contributed by atoms with van der Waals surface area (Å²) in [7, 11) is 0. The minimum Gasteiger partial charge on any atom is -0.481 e. The molecule has 3 aromatic rings. The van der Waals surface area contributed by atoms with Crippen LogP contribution in [0.3, 0.4) is 0 Å². The van der Waals surface area contributed by atoms with E-state index in [1.54, 1.807) is 24.3 Å². The van der Waals surface area contributed by atoms with Crippen molar-refractivity contribution in [1.29, 1.82) is 0 Å². The standard InChI is InChI=1S/C20H17FN4O6/c21-13-6-5-10(7-14-11-3-1-2-4-12(11)18(28)25-24-14)8-15(13)22-20(31)23-16(19(29)30)9-17(26)27/h1-6,8,16H,7,9H2,(H,25,28)(H,26,27)(H,29,30)(H2,22,23,31). The Balaban J connectivity index is 1.80. The molecule has 160 valence electrons. The van der Waals surface area contributed by atoms with Gasteiger partial charge < -0.3 is 20.8 Å². The molecule has 0 spiro atoms. The van der Waals surface area contributed by atoms with Gasteiger partial charge in [-0.2, -0.15) is 5.10 Å². The first-order valence-corrected chi connectivity index (χ1v) is 9.01. The molecule has 1 atom stereocenters. The van der Waals surface area contributed by atoms with Gasteiger partial charge in [-0.1, -0.05) is 24.3 Å². The number of fused-ring (bicyclic) bond motifs is 1. The van der Waals surface area contributed by atoms with Crippen molar-refractivity contribution in [3.8, 4) is 0 Å². The summed E-state index contributed by atoms with van der Waals surface area (Å²) in [5.74, 6) is -3.73. The molecule has 0 aliphatic heterocycles. The fraction of sp³-hybridized carbons (Fsp3) is 0.150. The summed E-state index contributed by atoms with van der Waals surface area (Å²) in [6, 6.07) is 8.03. The van der Waals surface area contributed by atoms with Crippen molar-refractivity contribution >= 4 is 34.4 Å². The second-order valence-electron chi connectivity index (χ2n) is 6.62. The predicted molar refractivity (Wildman–Crippen MR) is 107 cm³/mol. The SMILES string of the molecule is O=C(O)CC(NC(=O)Nc1cc(Cc2n[nH]c(=O)c3ccccc23)ccc1F)C(=O)O. The number of aliphatic carboxylic acids is 2. The zero-order chi connectivity index (χ0) is 22.5. The third-order valence-electron chi connectivity index (χ3n) is 4.41. The first-order chi connectivity index (χ1) is 14.7. The molecule has 5 N–H and O–H groups in total. The summed E-state index contributed by atoms with van der Waals surface area (Å²) in [6.45, 7) is 0. The largest absolute Gasteiger partial charge is 0.481 e. The van der Waals surface area contributed by atoms with Crippen molar-refractivity contribution in [3.63, 3.8) is 0 Å². The fourth-order valence-corrected chi connectivity index (χ4v) is 2.97. The Morgan fingerprint density at radius 1 is 1.10 bits per heavy atom. The van der Waals surface area contributed by atoms with E-state index in [-0.39, 0.29) is 17.7 Å². The smallest absolute Gasteiger partial charge is 0.326 e. The van der Waals surface area contributed by atoms with Crippen molar-refractivity contribution in [2.24, 2.45) is 0 Å². The number of amides is 2. The molecule has 1 unspecified atom stereocenters. The van der Waals surface area contributed by atoms with Gasteiger partial charge in [0.15, 0.2) is 0 Å². The van der Waals surface area contributed by atoms with Gasteiger partial charge in [0.1, 0.15) is 11.9 Å². The number of hydrogen-bond acceptors (Lipinski definition) is 5. The highest BCUT2D eigenvalue weighted by atomic mass is 19.1. The lowest BCUT2D eigenvalue weighted by Gasteiger charge is -2.14. The van der Waals surface area contributed by atoms with Gasteiger partial charge in [0, 0.05) is 11.8 Å². The number of rotatable bonds is 7. The van der Waals surface area contributed by atoms with Gasteiger partial charge in [-0.3, -0.25) is 9.59 Å². The molecule has 2 aromatic carbocycles. The topological polar surface area (TPSA) is 161 Å². The van der Waals surface area contributed by atoms with E-state index in [0.29, 0.717) is 22.0 Å². The molecule has 0 saturated carbocycles. The van der Waals surface area contributed by atoms with Crippen LogP contribution < -0.4 is 16.2 Å². The monoisotopic (exact) mass is 428 g/mol. The number of benzene rings is 2. The Morgan fingerprint density at radius 2 is 1.81 bits per heavy atom. The quantitative estimate of drug-likeness (QED) is 0.383. The fourth-order valence-electron chi connectivity index (χ4n) is 2.97. The van der Waals surface area contributed by atoms with Crippen molar-refractivity contribution < 1.29 is 29.0 Å².